The van der Waals surface area contributed by atoms with Gasteiger partial charge in [0, 0.05) is 0 Å². The Morgan fingerprint density at radius 2 is 1.74 bits per heavy atom. The minimum atomic E-state index is -4.93. The van der Waals surface area contributed by atoms with Crippen LogP contribution in [0.5, 0.6) is 0 Å². The summed E-state index contributed by atoms with van der Waals surface area (Å²) in [6, 6.07) is 9.00. The summed E-state index contributed by atoms with van der Waals surface area (Å²) in [5.41, 5.74) is -0.238. The molecular formula is C23H21F3N4O4. The molecule has 2 aliphatic heterocycles. The number of anilines is 2. The Balaban J connectivity index is 1.68. The van der Waals surface area contributed by atoms with Gasteiger partial charge in [-0.25, -0.2) is 4.79 Å². The molecule has 2 aromatic carbocycles. The van der Waals surface area contributed by atoms with Crippen molar-refractivity contribution in [3.8, 4) is 0 Å². The summed E-state index contributed by atoms with van der Waals surface area (Å²) >= 11 is 0. The monoisotopic (exact) mass is 474 g/mol. The second-order valence-electron chi connectivity index (χ2n) is 8.40. The maximum Gasteiger partial charge on any atom is 0.409 e. The number of urea groups is 1. The van der Waals surface area contributed by atoms with Crippen molar-refractivity contribution < 1.29 is 32.3 Å². The molecule has 11 heteroatoms. The lowest BCUT2D eigenvalue weighted by molar-refractivity contribution is -0.158. The summed E-state index contributed by atoms with van der Waals surface area (Å²) in [6.07, 6.45) is -5.96. The van der Waals surface area contributed by atoms with Crippen molar-refractivity contribution in [2.45, 2.75) is 38.0 Å². The summed E-state index contributed by atoms with van der Waals surface area (Å²) in [4.78, 5) is 52.2. The zero-order valence-corrected chi connectivity index (χ0v) is 18.3. The fraction of sp³-hybridized carbons (Fsp3) is 0.304. The Morgan fingerprint density at radius 3 is 2.38 bits per heavy atom. The normalized spacial score (nSPS) is 22.7. The molecule has 4 rings (SSSR count). The molecule has 0 bridgehead atoms. The Labute approximate surface area is 192 Å². The van der Waals surface area contributed by atoms with Gasteiger partial charge in [0.25, 0.3) is 5.91 Å². The van der Waals surface area contributed by atoms with Gasteiger partial charge in [0.2, 0.25) is 11.8 Å². The molecule has 178 valence electrons. The van der Waals surface area contributed by atoms with Gasteiger partial charge in [0.05, 0.1) is 17.8 Å². The van der Waals surface area contributed by atoms with Gasteiger partial charge < -0.3 is 10.6 Å². The highest BCUT2D eigenvalue weighted by atomic mass is 19.4. The van der Waals surface area contributed by atoms with Crippen LogP contribution in [0.3, 0.4) is 0 Å². The van der Waals surface area contributed by atoms with Crippen molar-refractivity contribution >= 4 is 35.1 Å². The number of para-hydroxylation sites is 2. The van der Waals surface area contributed by atoms with Gasteiger partial charge in [0.15, 0.2) is 0 Å². The first-order chi connectivity index (χ1) is 15.9. The van der Waals surface area contributed by atoms with E-state index in [9.17, 15) is 32.3 Å². The third kappa shape index (κ3) is 3.97. The van der Waals surface area contributed by atoms with Crippen LogP contribution in [0.15, 0.2) is 48.5 Å². The Morgan fingerprint density at radius 1 is 1.09 bits per heavy atom. The van der Waals surface area contributed by atoms with Gasteiger partial charge in [-0.3, -0.25) is 24.2 Å². The molecule has 1 saturated heterocycles. The lowest BCUT2D eigenvalue weighted by atomic mass is 9.91. The smallest absolute Gasteiger partial charge is 0.324 e. The van der Waals surface area contributed by atoms with Gasteiger partial charge in [-0.2, -0.15) is 13.2 Å². The number of amides is 5. The lowest BCUT2D eigenvalue weighted by Crippen LogP contribution is -2.53. The average molecular weight is 474 g/mol. The number of aryl methyl sites for hydroxylation is 1. The Hall–Kier alpha value is -3.89. The number of nitrogens with one attached hydrogen (secondary N) is 2. The van der Waals surface area contributed by atoms with Crippen LogP contribution in [-0.4, -0.2) is 47.4 Å². The first-order valence-electron chi connectivity index (χ1n) is 10.4. The number of carbonyl (C=O) groups excluding carboxylic acids is 4. The second-order valence-corrected chi connectivity index (χ2v) is 8.40. The van der Waals surface area contributed by atoms with E-state index in [1.54, 1.807) is 24.3 Å². The highest BCUT2D eigenvalue weighted by molar-refractivity contribution is 6.12. The zero-order chi connectivity index (χ0) is 24.8. The molecule has 1 fully saturated rings. The number of nitrogens with zero attached hydrogens (tertiary/aromatic N) is 2. The molecule has 34 heavy (non-hydrogen) atoms. The summed E-state index contributed by atoms with van der Waals surface area (Å²) in [5, 5.41) is 4.90. The number of hydrogen-bond donors (Lipinski definition) is 2. The van der Waals surface area contributed by atoms with Crippen LogP contribution in [0.2, 0.25) is 0 Å². The van der Waals surface area contributed by atoms with E-state index in [1.807, 2.05) is 6.92 Å². The van der Waals surface area contributed by atoms with Crippen molar-refractivity contribution in [2.75, 3.05) is 16.8 Å². The van der Waals surface area contributed by atoms with Gasteiger partial charge in [0.1, 0.15) is 18.1 Å². The molecule has 0 aliphatic carbocycles. The number of halogens is 3. The largest absolute Gasteiger partial charge is 0.409 e. The lowest BCUT2D eigenvalue weighted by Gasteiger charge is -2.32. The molecule has 0 aromatic heterocycles. The van der Waals surface area contributed by atoms with E-state index in [-0.39, 0.29) is 11.4 Å². The summed E-state index contributed by atoms with van der Waals surface area (Å²) in [6.45, 7) is 2.38. The molecule has 2 aliphatic rings. The first-order valence-corrected chi connectivity index (χ1v) is 10.4. The highest BCUT2D eigenvalue weighted by Gasteiger charge is 2.52. The third-order valence-corrected chi connectivity index (χ3v) is 5.97. The molecule has 0 saturated carbocycles. The standard InChI is InChI=1S/C23H21F3N4O4/c1-13-7-9-14(10-8-13)22(2)20(33)29(21(34)28-22)12-19(32)30-16-6-4-3-5-15(16)27-18(31)11-17(30)23(24,25)26/h3-10,17H,11-12H2,1-2H3,(H,27,31)(H,28,34). The highest BCUT2D eigenvalue weighted by Crippen LogP contribution is 2.38. The van der Waals surface area contributed by atoms with Crippen LogP contribution in [0.4, 0.5) is 29.3 Å². The number of fused-ring (bicyclic) bond motifs is 1. The SMILES string of the molecule is Cc1ccc(C2(C)NC(=O)N(CC(=O)N3c4ccccc4NC(=O)CC3C(F)(F)F)C2=O)cc1. The van der Waals surface area contributed by atoms with E-state index >= 15 is 0 Å². The van der Waals surface area contributed by atoms with Crippen molar-refractivity contribution in [1.29, 1.82) is 0 Å². The van der Waals surface area contributed by atoms with Crippen LogP contribution in [0.25, 0.3) is 0 Å². The quantitative estimate of drug-likeness (QED) is 0.668. The predicted octanol–water partition coefficient (Wildman–Crippen LogP) is 3.07. The van der Waals surface area contributed by atoms with Crippen molar-refractivity contribution in [3.05, 3.63) is 59.7 Å². The maximum atomic E-state index is 13.9. The minimum Gasteiger partial charge on any atom is -0.324 e. The maximum absolute atomic E-state index is 13.9. The molecule has 2 aromatic rings. The molecule has 2 unspecified atom stereocenters. The van der Waals surface area contributed by atoms with Crippen LogP contribution in [0.1, 0.15) is 24.5 Å². The number of carbonyl (C=O) groups is 4. The second kappa shape index (κ2) is 8.15. The van der Waals surface area contributed by atoms with Crippen molar-refractivity contribution in [3.63, 3.8) is 0 Å². The van der Waals surface area contributed by atoms with E-state index in [0.717, 1.165) is 5.56 Å². The number of rotatable bonds is 3. The minimum absolute atomic E-state index is 0.0225. The molecule has 5 amide bonds. The molecule has 2 atom stereocenters. The van der Waals surface area contributed by atoms with E-state index in [4.69, 9.17) is 0 Å². The Kier molecular flexibility index (Phi) is 5.58. The predicted molar refractivity (Wildman–Crippen MR) is 116 cm³/mol. The van der Waals surface area contributed by atoms with Crippen LogP contribution in [0, 0.1) is 6.92 Å². The zero-order valence-electron chi connectivity index (χ0n) is 18.3. The summed E-state index contributed by atoms with van der Waals surface area (Å²) < 4.78 is 41.7. The molecular weight excluding hydrogens is 453 g/mol. The molecule has 8 nitrogen and oxygen atoms in total. The van der Waals surface area contributed by atoms with Crippen molar-refractivity contribution in [1.82, 2.24) is 10.2 Å². The molecule has 0 spiro atoms. The van der Waals surface area contributed by atoms with Crippen LogP contribution < -0.4 is 15.5 Å². The van der Waals surface area contributed by atoms with Gasteiger partial charge in [-0.1, -0.05) is 42.0 Å². The third-order valence-electron chi connectivity index (χ3n) is 5.97. The Bertz CT molecular complexity index is 1180. The van der Waals surface area contributed by atoms with E-state index in [2.05, 4.69) is 10.6 Å². The molecule has 0 radical (unpaired) electrons. The van der Waals surface area contributed by atoms with Gasteiger partial charge in [-0.15, -0.1) is 0 Å². The van der Waals surface area contributed by atoms with Gasteiger partial charge in [-0.05, 0) is 31.5 Å². The van der Waals surface area contributed by atoms with Gasteiger partial charge >= 0.3 is 12.2 Å². The van der Waals surface area contributed by atoms with E-state index < -0.39 is 54.5 Å². The van der Waals surface area contributed by atoms with Crippen LogP contribution >= 0.6 is 0 Å². The topological polar surface area (TPSA) is 98.8 Å². The fourth-order valence-electron chi connectivity index (χ4n) is 4.13. The van der Waals surface area contributed by atoms with Crippen LogP contribution in [-0.2, 0) is 19.9 Å². The summed E-state index contributed by atoms with van der Waals surface area (Å²) in [7, 11) is 0. The van der Waals surface area contributed by atoms with E-state index in [1.165, 1.54) is 31.2 Å². The molecule has 2 N–H and O–H groups in total. The fourth-order valence-corrected chi connectivity index (χ4v) is 4.13. The first kappa shape index (κ1) is 23.3. The van der Waals surface area contributed by atoms with E-state index in [0.29, 0.717) is 15.4 Å². The number of imide groups is 1. The molecule has 2 heterocycles. The summed E-state index contributed by atoms with van der Waals surface area (Å²) in [5.74, 6) is -2.83. The number of alkyl halides is 3. The number of hydrogen-bond acceptors (Lipinski definition) is 4. The van der Waals surface area contributed by atoms with Crippen molar-refractivity contribution in [2.24, 2.45) is 0 Å². The number of benzene rings is 2. The average Bonchev–Trinajstić information content (AvgIpc) is 2.89.